The lowest BCUT2D eigenvalue weighted by atomic mass is 10.2. The molecule has 5 nitrogen and oxygen atoms in total. The average molecular weight is 279 g/mol. The van der Waals surface area contributed by atoms with Crippen LogP contribution in [0.15, 0.2) is 24.3 Å². The van der Waals surface area contributed by atoms with E-state index in [9.17, 15) is 5.11 Å². The van der Waals surface area contributed by atoms with E-state index in [0.717, 1.165) is 29.2 Å². The molecule has 0 spiro atoms. The van der Waals surface area contributed by atoms with Crippen LogP contribution in [0.25, 0.3) is 0 Å². The smallest absolute Gasteiger partial charge is 0.136 e. The van der Waals surface area contributed by atoms with Gasteiger partial charge in [-0.15, -0.1) is 5.10 Å². The second kappa shape index (κ2) is 7.06. The van der Waals surface area contributed by atoms with Crippen LogP contribution in [0.5, 0.6) is 5.75 Å². The predicted molar refractivity (Wildman–Crippen MR) is 75.4 cm³/mol. The molecule has 0 amide bonds. The van der Waals surface area contributed by atoms with Crippen molar-refractivity contribution in [1.82, 2.24) is 9.59 Å². The lowest BCUT2D eigenvalue weighted by molar-refractivity contribution is 0.257. The number of aromatic nitrogens is 2. The zero-order valence-electron chi connectivity index (χ0n) is 10.8. The van der Waals surface area contributed by atoms with Gasteiger partial charge < -0.3 is 15.2 Å². The number of para-hydroxylation sites is 1. The van der Waals surface area contributed by atoms with Gasteiger partial charge in [-0.05, 0) is 12.5 Å². The van der Waals surface area contributed by atoms with E-state index in [0.29, 0.717) is 12.4 Å². The molecule has 0 aliphatic heterocycles. The highest BCUT2D eigenvalue weighted by atomic mass is 32.1. The van der Waals surface area contributed by atoms with E-state index < -0.39 is 0 Å². The topological polar surface area (TPSA) is 67.3 Å². The first-order valence-electron chi connectivity index (χ1n) is 6.21. The van der Waals surface area contributed by atoms with Gasteiger partial charge in [0.25, 0.3) is 0 Å². The van der Waals surface area contributed by atoms with Gasteiger partial charge in [0.1, 0.15) is 23.1 Å². The number of nitrogens with zero attached hydrogens (tertiary/aromatic N) is 2. The molecule has 0 bridgehead atoms. The molecule has 0 unspecified atom stereocenters. The minimum Gasteiger partial charge on any atom is -0.487 e. The first-order valence-corrected chi connectivity index (χ1v) is 6.99. The number of nitrogens with one attached hydrogen (secondary N) is 1. The van der Waals surface area contributed by atoms with E-state index in [1.165, 1.54) is 11.5 Å². The molecule has 1 aromatic carbocycles. The normalized spacial score (nSPS) is 10.4. The fourth-order valence-electron chi connectivity index (χ4n) is 1.60. The molecule has 19 heavy (non-hydrogen) atoms. The van der Waals surface area contributed by atoms with Gasteiger partial charge >= 0.3 is 0 Å². The fraction of sp³-hybridized carbons (Fsp3) is 0.385. The first-order chi connectivity index (χ1) is 9.35. The Bertz CT molecular complexity index is 516. The van der Waals surface area contributed by atoms with Gasteiger partial charge in [0.15, 0.2) is 0 Å². The summed E-state index contributed by atoms with van der Waals surface area (Å²) >= 11 is 1.33. The second-order valence-electron chi connectivity index (χ2n) is 4.03. The highest BCUT2D eigenvalue weighted by Crippen LogP contribution is 2.22. The lowest BCUT2D eigenvalue weighted by Gasteiger charge is -2.09. The van der Waals surface area contributed by atoms with E-state index in [1.807, 2.05) is 24.3 Å². The highest BCUT2D eigenvalue weighted by molar-refractivity contribution is 7.10. The van der Waals surface area contributed by atoms with Crippen LogP contribution >= 0.6 is 11.5 Å². The third-order valence-corrected chi connectivity index (χ3v) is 3.32. The Morgan fingerprint density at radius 3 is 3.00 bits per heavy atom. The van der Waals surface area contributed by atoms with Crippen molar-refractivity contribution in [2.24, 2.45) is 0 Å². The first kappa shape index (κ1) is 13.8. The van der Waals surface area contributed by atoms with Crippen molar-refractivity contribution in [3.8, 4) is 5.75 Å². The number of ether oxygens (including phenoxy) is 1. The molecule has 0 radical (unpaired) electrons. The maximum Gasteiger partial charge on any atom is 0.136 e. The number of aliphatic hydroxyl groups excluding tert-OH is 1. The van der Waals surface area contributed by atoms with Gasteiger partial charge in [0, 0.05) is 23.6 Å². The predicted octanol–water partition coefficient (Wildman–Crippen LogP) is 2.43. The molecule has 1 heterocycles. The van der Waals surface area contributed by atoms with Gasteiger partial charge in [-0.25, -0.2) is 0 Å². The molecule has 1 aromatic heterocycles. The van der Waals surface area contributed by atoms with Crippen molar-refractivity contribution in [2.45, 2.75) is 26.6 Å². The van der Waals surface area contributed by atoms with Crippen molar-refractivity contribution in [2.75, 3.05) is 11.9 Å². The summed E-state index contributed by atoms with van der Waals surface area (Å²) in [6.07, 6.45) is 1.05. The molecular formula is C13H17N3O2S. The van der Waals surface area contributed by atoms with E-state index in [1.54, 1.807) is 0 Å². The van der Waals surface area contributed by atoms with Gasteiger partial charge in [-0.1, -0.05) is 29.6 Å². The second-order valence-corrected chi connectivity index (χ2v) is 4.78. The quantitative estimate of drug-likeness (QED) is 0.814. The Morgan fingerprint density at radius 2 is 2.21 bits per heavy atom. The standard InChI is InChI=1S/C13H17N3O2S/c1-2-7-14-13-11(15-16-19-13)9-18-12-6-4-3-5-10(12)8-17/h3-6,14,17H,2,7-9H2,1H3. The van der Waals surface area contributed by atoms with Crippen LogP contribution in [0.1, 0.15) is 24.6 Å². The maximum absolute atomic E-state index is 9.23. The van der Waals surface area contributed by atoms with E-state index >= 15 is 0 Å². The van der Waals surface area contributed by atoms with Crippen LogP contribution in [-0.2, 0) is 13.2 Å². The molecule has 102 valence electrons. The molecule has 0 atom stereocenters. The summed E-state index contributed by atoms with van der Waals surface area (Å²) in [6, 6.07) is 7.43. The van der Waals surface area contributed by atoms with Crippen molar-refractivity contribution in [1.29, 1.82) is 0 Å². The molecule has 2 rings (SSSR count). The van der Waals surface area contributed by atoms with Crippen LogP contribution in [0.2, 0.25) is 0 Å². The maximum atomic E-state index is 9.23. The van der Waals surface area contributed by atoms with Crippen LogP contribution in [0.4, 0.5) is 5.00 Å². The van der Waals surface area contributed by atoms with Crippen LogP contribution in [-0.4, -0.2) is 21.2 Å². The molecular weight excluding hydrogens is 262 g/mol. The third-order valence-electron chi connectivity index (χ3n) is 2.60. The summed E-state index contributed by atoms with van der Waals surface area (Å²) in [5.74, 6) is 0.680. The Kier molecular flexibility index (Phi) is 5.11. The van der Waals surface area contributed by atoms with Crippen LogP contribution < -0.4 is 10.1 Å². The van der Waals surface area contributed by atoms with Gasteiger partial charge in [-0.3, -0.25) is 0 Å². The summed E-state index contributed by atoms with van der Waals surface area (Å²) < 4.78 is 9.63. The number of hydrogen-bond donors (Lipinski definition) is 2. The lowest BCUT2D eigenvalue weighted by Crippen LogP contribution is -2.04. The van der Waals surface area contributed by atoms with Crippen LogP contribution in [0.3, 0.4) is 0 Å². The Hall–Kier alpha value is -1.66. The van der Waals surface area contributed by atoms with E-state index in [4.69, 9.17) is 4.74 Å². The summed E-state index contributed by atoms with van der Waals surface area (Å²) in [7, 11) is 0. The van der Waals surface area contributed by atoms with Gasteiger partial charge in [-0.2, -0.15) is 0 Å². The molecule has 0 aliphatic carbocycles. The molecule has 0 saturated heterocycles. The van der Waals surface area contributed by atoms with Gasteiger partial charge in [0.2, 0.25) is 0 Å². The molecule has 0 aliphatic rings. The summed E-state index contributed by atoms with van der Waals surface area (Å²) in [4.78, 5) is 0. The van der Waals surface area contributed by atoms with Gasteiger partial charge in [0.05, 0.1) is 6.61 Å². The van der Waals surface area contributed by atoms with Crippen LogP contribution in [0, 0.1) is 0 Å². The zero-order chi connectivity index (χ0) is 13.5. The number of anilines is 1. The minimum absolute atomic E-state index is 0.0353. The number of hydrogen-bond acceptors (Lipinski definition) is 6. The Labute approximate surface area is 116 Å². The summed E-state index contributed by atoms with van der Waals surface area (Å²) in [5.41, 5.74) is 1.57. The molecule has 0 fully saturated rings. The molecule has 0 saturated carbocycles. The molecule has 6 heteroatoms. The molecule has 2 aromatic rings. The summed E-state index contributed by atoms with van der Waals surface area (Å²) in [5, 5.41) is 17.5. The van der Waals surface area contributed by atoms with Crippen molar-refractivity contribution < 1.29 is 9.84 Å². The van der Waals surface area contributed by atoms with Crippen molar-refractivity contribution in [3.05, 3.63) is 35.5 Å². The highest BCUT2D eigenvalue weighted by Gasteiger charge is 2.09. The van der Waals surface area contributed by atoms with Crippen molar-refractivity contribution >= 4 is 16.5 Å². The fourth-order valence-corrected chi connectivity index (χ4v) is 2.19. The number of benzene rings is 1. The largest absolute Gasteiger partial charge is 0.487 e. The minimum atomic E-state index is -0.0353. The van der Waals surface area contributed by atoms with E-state index in [2.05, 4.69) is 21.8 Å². The Balaban J connectivity index is 2.00. The molecule has 2 N–H and O–H groups in total. The third kappa shape index (κ3) is 3.65. The average Bonchev–Trinajstić information content (AvgIpc) is 2.90. The van der Waals surface area contributed by atoms with E-state index in [-0.39, 0.29) is 6.61 Å². The Morgan fingerprint density at radius 1 is 1.37 bits per heavy atom. The monoisotopic (exact) mass is 279 g/mol. The number of rotatable bonds is 7. The zero-order valence-corrected chi connectivity index (χ0v) is 11.6. The number of aliphatic hydroxyl groups is 1. The summed E-state index contributed by atoms with van der Waals surface area (Å²) in [6.45, 7) is 3.31. The SMILES string of the molecule is CCCNc1snnc1COc1ccccc1CO. The van der Waals surface area contributed by atoms with Crippen molar-refractivity contribution in [3.63, 3.8) is 0 Å².